The molecule has 1 aromatic rings. The van der Waals surface area contributed by atoms with Gasteiger partial charge >= 0.3 is 0 Å². The van der Waals surface area contributed by atoms with Gasteiger partial charge in [-0.25, -0.2) is 0 Å². The van der Waals surface area contributed by atoms with Gasteiger partial charge in [-0.05, 0) is 44.2 Å². The summed E-state index contributed by atoms with van der Waals surface area (Å²) in [5, 5.41) is 21.6. The van der Waals surface area contributed by atoms with Crippen LogP contribution in [0.5, 0.6) is 11.5 Å². The Kier molecular flexibility index (Phi) is 4.45. The fraction of sp³-hybridized carbons (Fsp3) is 0.500. The fourth-order valence-electron chi connectivity index (χ4n) is 4.70. The lowest BCUT2D eigenvalue weighted by Gasteiger charge is -2.48. The summed E-state index contributed by atoms with van der Waals surface area (Å²) in [6.45, 7) is 5.25. The number of ketones is 1. The highest BCUT2D eigenvalue weighted by atomic mass is 16.5. The van der Waals surface area contributed by atoms with Gasteiger partial charge in [0.15, 0.2) is 35.2 Å². The van der Waals surface area contributed by atoms with Crippen LogP contribution in [0, 0.1) is 0 Å². The number of nitrogens with one attached hydrogen (secondary N) is 1. The van der Waals surface area contributed by atoms with Gasteiger partial charge in [0, 0.05) is 12.0 Å². The summed E-state index contributed by atoms with van der Waals surface area (Å²) in [6, 6.07) is 3.51. The first-order valence-corrected chi connectivity index (χ1v) is 8.81. The molecule has 3 N–H and O–H groups in total. The van der Waals surface area contributed by atoms with Gasteiger partial charge in [-0.15, -0.1) is 6.58 Å². The number of Topliss-reactive ketones (excluding diaryl/α,β-unsaturated/α-hetero) is 1. The van der Waals surface area contributed by atoms with E-state index in [4.69, 9.17) is 4.74 Å². The van der Waals surface area contributed by atoms with Crippen LogP contribution in [-0.2, 0) is 16.6 Å². The van der Waals surface area contributed by atoms with E-state index < -0.39 is 17.1 Å². The van der Waals surface area contributed by atoms with E-state index in [1.807, 2.05) is 13.0 Å². The molecule has 25 heavy (non-hydrogen) atoms. The smallest absolute Gasteiger partial charge is 0.174 e. The van der Waals surface area contributed by atoms with E-state index in [0.717, 1.165) is 24.0 Å². The van der Waals surface area contributed by atoms with Gasteiger partial charge in [0.05, 0.1) is 5.41 Å². The summed E-state index contributed by atoms with van der Waals surface area (Å²) in [6.07, 6.45) is 5.84. The molecule has 2 aliphatic carbocycles. The lowest BCUT2D eigenvalue weighted by atomic mass is 9.54. The number of aliphatic hydroxyl groups is 1. The molecule has 1 aromatic carbocycles. The number of phenolic OH excluding ortho intramolecular Hbond substituents is 1. The second-order valence-electron chi connectivity index (χ2n) is 7.00. The van der Waals surface area contributed by atoms with Crippen molar-refractivity contribution in [1.29, 1.82) is 0 Å². The van der Waals surface area contributed by atoms with E-state index in [1.165, 1.54) is 0 Å². The molecule has 3 unspecified atom stereocenters. The molecular formula is C20H26NO4+. The minimum atomic E-state index is -1.16. The SMILES string of the molecule is C=CC.C[NH+]=CC1(O)CCC(=O)C2Oc3c(O)ccc4c3C21CCC4. The van der Waals surface area contributed by atoms with Crippen LogP contribution in [0.4, 0.5) is 0 Å². The highest BCUT2D eigenvalue weighted by Crippen LogP contribution is 2.60. The van der Waals surface area contributed by atoms with Gasteiger partial charge in [0.2, 0.25) is 0 Å². The first kappa shape index (κ1) is 17.7. The van der Waals surface area contributed by atoms with E-state index >= 15 is 0 Å². The number of ether oxygens (including phenoxy) is 1. The molecule has 134 valence electrons. The number of benzene rings is 1. The predicted molar refractivity (Wildman–Crippen MR) is 95.2 cm³/mol. The zero-order valence-electron chi connectivity index (χ0n) is 14.8. The Labute approximate surface area is 148 Å². The quantitative estimate of drug-likeness (QED) is 0.520. The van der Waals surface area contributed by atoms with Gasteiger partial charge in [0.25, 0.3) is 0 Å². The van der Waals surface area contributed by atoms with Gasteiger partial charge in [-0.3, -0.25) is 9.79 Å². The number of aryl methyl sites for hydroxylation is 1. The van der Waals surface area contributed by atoms with E-state index in [2.05, 4.69) is 11.6 Å². The largest absolute Gasteiger partial charge is 0.504 e. The first-order valence-electron chi connectivity index (χ1n) is 8.81. The summed E-state index contributed by atoms with van der Waals surface area (Å²) < 4.78 is 5.90. The van der Waals surface area contributed by atoms with Crippen molar-refractivity contribution in [3.63, 3.8) is 0 Å². The molecule has 0 radical (unpaired) electrons. The Morgan fingerprint density at radius 2 is 2.08 bits per heavy atom. The van der Waals surface area contributed by atoms with Crippen molar-refractivity contribution >= 4 is 12.0 Å². The monoisotopic (exact) mass is 344 g/mol. The standard InChI is InChI=1S/C17H19NO4.C3H6/c1-18-9-16(21)8-6-12(20)15-17(16)7-2-3-10-4-5-11(19)14(22-15)13(10)17;1-3-2/h4-5,9,15,19,21H,2-3,6-8H2,1H3;3H,1H2,2H3/p+1. The van der Waals surface area contributed by atoms with Crippen LogP contribution in [0.25, 0.3) is 0 Å². The maximum Gasteiger partial charge on any atom is 0.174 e. The molecule has 1 fully saturated rings. The molecule has 0 aromatic heterocycles. The highest BCUT2D eigenvalue weighted by molar-refractivity contribution is 5.92. The zero-order chi connectivity index (χ0) is 18.2. The third-order valence-corrected chi connectivity index (χ3v) is 5.57. The van der Waals surface area contributed by atoms with Gasteiger partial charge in [-0.2, -0.15) is 0 Å². The zero-order valence-corrected chi connectivity index (χ0v) is 14.8. The van der Waals surface area contributed by atoms with Gasteiger partial charge in [-0.1, -0.05) is 12.1 Å². The molecule has 0 bridgehead atoms. The lowest BCUT2D eigenvalue weighted by molar-refractivity contribution is -0.421. The number of carbonyl (C=O) groups excluding carboxylic acids is 1. The van der Waals surface area contributed by atoms with E-state index in [1.54, 1.807) is 25.4 Å². The molecule has 5 nitrogen and oxygen atoms in total. The van der Waals surface area contributed by atoms with Crippen molar-refractivity contribution in [2.75, 3.05) is 7.05 Å². The number of allylic oxidation sites excluding steroid dienone is 1. The Hall–Kier alpha value is -2.14. The molecule has 0 amide bonds. The van der Waals surface area contributed by atoms with Crippen LogP contribution >= 0.6 is 0 Å². The number of aromatic hydroxyl groups is 1. The molecule has 3 aliphatic rings. The topological polar surface area (TPSA) is 80.7 Å². The molecule has 3 atom stereocenters. The summed E-state index contributed by atoms with van der Waals surface area (Å²) >= 11 is 0. The molecular weight excluding hydrogens is 318 g/mol. The summed E-state index contributed by atoms with van der Waals surface area (Å²) in [7, 11) is 1.75. The van der Waals surface area contributed by atoms with Crippen molar-refractivity contribution in [3.05, 3.63) is 35.9 Å². The molecule has 1 aliphatic heterocycles. The summed E-state index contributed by atoms with van der Waals surface area (Å²) in [5.41, 5.74) is -0.0355. The second-order valence-corrected chi connectivity index (χ2v) is 7.00. The van der Waals surface area contributed by atoms with E-state index in [0.29, 0.717) is 18.6 Å². The molecule has 1 spiro atoms. The number of hydrogen-bond acceptors (Lipinski definition) is 4. The molecule has 1 saturated carbocycles. The third-order valence-electron chi connectivity index (χ3n) is 5.57. The van der Waals surface area contributed by atoms with E-state index in [9.17, 15) is 15.0 Å². The van der Waals surface area contributed by atoms with Gasteiger partial charge < -0.3 is 14.9 Å². The first-order chi connectivity index (χ1) is 11.9. The normalized spacial score (nSPS) is 32.3. The van der Waals surface area contributed by atoms with Crippen molar-refractivity contribution < 1.29 is 24.7 Å². The predicted octanol–water partition coefficient (Wildman–Crippen LogP) is 0.795. The van der Waals surface area contributed by atoms with Crippen molar-refractivity contribution in [3.8, 4) is 11.5 Å². The average Bonchev–Trinajstić information content (AvgIpc) is 2.96. The maximum absolute atomic E-state index is 12.5. The summed E-state index contributed by atoms with van der Waals surface area (Å²) in [5.74, 6) is 0.451. The van der Waals surface area contributed by atoms with Crippen molar-refractivity contribution in [1.82, 2.24) is 0 Å². The van der Waals surface area contributed by atoms with Crippen LogP contribution in [-0.4, -0.2) is 41.0 Å². The Morgan fingerprint density at radius 3 is 2.76 bits per heavy atom. The maximum atomic E-state index is 12.5. The summed E-state index contributed by atoms with van der Waals surface area (Å²) in [4.78, 5) is 15.4. The Balaban J connectivity index is 0.000000569. The molecule has 0 saturated heterocycles. The number of phenols is 1. The molecule has 4 rings (SSSR count). The van der Waals surface area contributed by atoms with Crippen molar-refractivity contribution in [2.45, 2.75) is 56.1 Å². The van der Waals surface area contributed by atoms with Crippen molar-refractivity contribution in [2.24, 2.45) is 0 Å². The molecule has 1 heterocycles. The average molecular weight is 344 g/mol. The van der Waals surface area contributed by atoms with E-state index in [-0.39, 0.29) is 18.0 Å². The second kappa shape index (κ2) is 6.30. The third kappa shape index (κ3) is 2.33. The number of hydrogen-bond donors (Lipinski definition) is 3. The van der Waals surface area contributed by atoms with Crippen LogP contribution < -0.4 is 9.73 Å². The van der Waals surface area contributed by atoms with Crippen LogP contribution in [0.2, 0.25) is 0 Å². The Bertz CT molecular complexity index is 741. The van der Waals surface area contributed by atoms with Crippen LogP contribution in [0.1, 0.15) is 43.7 Å². The minimum absolute atomic E-state index is 0.0117. The highest BCUT2D eigenvalue weighted by Gasteiger charge is 2.68. The Morgan fingerprint density at radius 1 is 1.36 bits per heavy atom. The molecule has 5 heteroatoms. The van der Waals surface area contributed by atoms with Crippen LogP contribution in [0.3, 0.4) is 0 Å². The number of carbonyl (C=O) groups is 1. The minimum Gasteiger partial charge on any atom is -0.504 e. The number of rotatable bonds is 1. The lowest BCUT2D eigenvalue weighted by Crippen LogP contribution is -2.74. The van der Waals surface area contributed by atoms with Gasteiger partial charge in [0.1, 0.15) is 7.05 Å². The van der Waals surface area contributed by atoms with Crippen LogP contribution in [0.15, 0.2) is 24.8 Å². The fourth-order valence-corrected chi connectivity index (χ4v) is 4.70.